The molecule has 0 radical (unpaired) electrons. The SMILES string of the molecule is COc1ccccc1NC(=S)/N=C1\CCN(c2ccccc2)N1. The highest BCUT2D eigenvalue weighted by Gasteiger charge is 2.17. The number of thiocarbonyl (C=S) groups is 1. The molecule has 0 amide bonds. The zero-order valence-electron chi connectivity index (χ0n) is 12.8. The molecule has 1 heterocycles. The van der Waals surface area contributed by atoms with Crippen molar-refractivity contribution in [2.45, 2.75) is 6.42 Å². The van der Waals surface area contributed by atoms with Crippen LogP contribution in [0.5, 0.6) is 5.75 Å². The highest BCUT2D eigenvalue weighted by atomic mass is 32.1. The Hall–Kier alpha value is -2.60. The van der Waals surface area contributed by atoms with Gasteiger partial charge in [-0.2, -0.15) is 0 Å². The van der Waals surface area contributed by atoms with Gasteiger partial charge in [-0.05, 0) is 36.5 Å². The molecular formula is C17H18N4OS. The minimum Gasteiger partial charge on any atom is -0.495 e. The molecule has 0 unspecified atom stereocenters. The number of para-hydroxylation sites is 3. The van der Waals surface area contributed by atoms with Crippen LogP contribution in [-0.2, 0) is 0 Å². The third-order valence-corrected chi connectivity index (χ3v) is 3.68. The molecule has 1 fully saturated rings. The first-order chi connectivity index (χ1) is 11.3. The number of anilines is 2. The highest BCUT2D eigenvalue weighted by Crippen LogP contribution is 2.23. The van der Waals surface area contributed by atoms with Gasteiger partial charge in [0.05, 0.1) is 18.5 Å². The number of hydrogen-bond acceptors (Lipinski definition) is 3. The maximum absolute atomic E-state index is 5.32. The number of ether oxygens (including phenoxy) is 1. The summed E-state index contributed by atoms with van der Waals surface area (Å²) in [5.74, 6) is 1.58. The molecule has 2 aromatic rings. The zero-order chi connectivity index (χ0) is 16.1. The molecule has 118 valence electrons. The lowest BCUT2D eigenvalue weighted by Gasteiger charge is -2.17. The Morgan fingerprint density at radius 2 is 1.91 bits per heavy atom. The monoisotopic (exact) mass is 326 g/mol. The van der Waals surface area contributed by atoms with Crippen molar-refractivity contribution in [1.29, 1.82) is 0 Å². The molecule has 1 saturated heterocycles. The number of rotatable bonds is 3. The van der Waals surface area contributed by atoms with Crippen molar-refractivity contribution in [3.8, 4) is 5.75 Å². The van der Waals surface area contributed by atoms with Crippen LogP contribution in [0.25, 0.3) is 0 Å². The number of amidine groups is 1. The summed E-state index contributed by atoms with van der Waals surface area (Å²) in [7, 11) is 1.63. The molecule has 2 aromatic carbocycles. The van der Waals surface area contributed by atoms with Crippen LogP contribution in [-0.4, -0.2) is 24.6 Å². The van der Waals surface area contributed by atoms with Crippen LogP contribution in [0.3, 0.4) is 0 Å². The van der Waals surface area contributed by atoms with Gasteiger partial charge in [0.2, 0.25) is 0 Å². The largest absolute Gasteiger partial charge is 0.495 e. The maximum atomic E-state index is 5.32. The lowest BCUT2D eigenvalue weighted by molar-refractivity contribution is 0.417. The van der Waals surface area contributed by atoms with E-state index < -0.39 is 0 Å². The normalized spacial score (nSPS) is 15.3. The molecule has 0 aliphatic carbocycles. The maximum Gasteiger partial charge on any atom is 0.199 e. The van der Waals surface area contributed by atoms with Crippen LogP contribution < -0.4 is 20.5 Å². The van der Waals surface area contributed by atoms with E-state index in [0.717, 1.165) is 35.9 Å². The van der Waals surface area contributed by atoms with Crippen LogP contribution in [0.4, 0.5) is 11.4 Å². The molecule has 23 heavy (non-hydrogen) atoms. The quantitative estimate of drug-likeness (QED) is 0.848. The first-order valence-electron chi connectivity index (χ1n) is 7.37. The molecule has 5 nitrogen and oxygen atoms in total. The van der Waals surface area contributed by atoms with Gasteiger partial charge in [0.1, 0.15) is 11.6 Å². The van der Waals surface area contributed by atoms with Crippen molar-refractivity contribution in [2.24, 2.45) is 4.99 Å². The summed E-state index contributed by atoms with van der Waals surface area (Å²) in [5.41, 5.74) is 5.20. The van der Waals surface area contributed by atoms with Gasteiger partial charge in [-0.15, -0.1) is 0 Å². The number of hydrazine groups is 1. The van der Waals surface area contributed by atoms with Crippen LogP contribution in [0, 0.1) is 0 Å². The fraction of sp³-hybridized carbons (Fsp3) is 0.176. The van der Waals surface area contributed by atoms with Crippen LogP contribution in [0.15, 0.2) is 59.6 Å². The van der Waals surface area contributed by atoms with Gasteiger partial charge in [-0.1, -0.05) is 30.3 Å². The molecule has 0 bridgehead atoms. The molecule has 3 rings (SSSR count). The van der Waals surface area contributed by atoms with Crippen LogP contribution >= 0.6 is 12.2 Å². The Kier molecular flexibility index (Phi) is 4.73. The Balaban J connectivity index is 1.65. The van der Waals surface area contributed by atoms with Crippen molar-refractivity contribution >= 4 is 34.5 Å². The fourth-order valence-corrected chi connectivity index (χ4v) is 2.60. The lowest BCUT2D eigenvalue weighted by atomic mass is 10.3. The van der Waals surface area contributed by atoms with E-state index in [1.165, 1.54) is 0 Å². The molecule has 0 spiro atoms. The number of nitrogens with zero attached hydrogens (tertiary/aromatic N) is 2. The van der Waals surface area contributed by atoms with E-state index in [2.05, 4.69) is 32.9 Å². The Morgan fingerprint density at radius 3 is 2.70 bits per heavy atom. The van der Waals surface area contributed by atoms with Crippen LogP contribution in [0.1, 0.15) is 6.42 Å². The second-order valence-corrected chi connectivity index (χ2v) is 5.42. The summed E-state index contributed by atoms with van der Waals surface area (Å²) in [6.07, 6.45) is 0.822. The number of hydrogen-bond donors (Lipinski definition) is 2. The van der Waals surface area contributed by atoms with E-state index in [1.807, 2.05) is 42.5 Å². The third kappa shape index (κ3) is 3.78. The molecule has 0 aromatic heterocycles. The Labute approximate surface area is 141 Å². The topological polar surface area (TPSA) is 48.9 Å². The summed E-state index contributed by atoms with van der Waals surface area (Å²) < 4.78 is 5.30. The number of aliphatic imine (C=N–C) groups is 1. The van der Waals surface area contributed by atoms with E-state index in [9.17, 15) is 0 Å². The molecule has 0 saturated carbocycles. The van der Waals surface area contributed by atoms with Gasteiger partial charge in [0.15, 0.2) is 5.11 Å². The smallest absolute Gasteiger partial charge is 0.199 e. The van der Waals surface area contributed by atoms with E-state index in [0.29, 0.717) is 5.11 Å². The molecule has 1 aliphatic heterocycles. The second-order valence-electron chi connectivity index (χ2n) is 5.04. The van der Waals surface area contributed by atoms with Crippen LogP contribution in [0.2, 0.25) is 0 Å². The van der Waals surface area contributed by atoms with Crippen molar-refractivity contribution in [3.63, 3.8) is 0 Å². The first-order valence-corrected chi connectivity index (χ1v) is 7.78. The molecule has 2 N–H and O–H groups in total. The van der Waals surface area contributed by atoms with Gasteiger partial charge in [0, 0.05) is 13.0 Å². The first kappa shape index (κ1) is 15.3. The van der Waals surface area contributed by atoms with Crippen molar-refractivity contribution < 1.29 is 4.74 Å². The zero-order valence-corrected chi connectivity index (χ0v) is 13.6. The predicted molar refractivity (Wildman–Crippen MR) is 98.2 cm³/mol. The summed E-state index contributed by atoms with van der Waals surface area (Å²) in [6.45, 7) is 0.861. The number of benzene rings is 2. The minimum absolute atomic E-state index is 0.409. The molecule has 0 atom stereocenters. The Bertz CT molecular complexity index is 718. The average molecular weight is 326 g/mol. The number of nitrogens with one attached hydrogen (secondary N) is 2. The standard InChI is InChI=1S/C17H18N4OS/c1-22-15-10-6-5-9-14(15)18-17(23)19-16-11-12-21(20-16)13-7-3-2-4-8-13/h2-10H,11-12H2,1H3,(H2,18,19,20,23). The highest BCUT2D eigenvalue weighted by molar-refractivity contribution is 7.80. The van der Waals surface area contributed by atoms with Gasteiger partial charge >= 0.3 is 0 Å². The Morgan fingerprint density at radius 1 is 1.17 bits per heavy atom. The van der Waals surface area contributed by atoms with Gasteiger partial charge in [-0.3, -0.25) is 10.4 Å². The van der Waals surface area contributed by atoms with Crippen molar-refractivity contribution in [2.75, 3.05) is 24.0 Å². The van der Waals surface area contributed by atoms with E-state index in [4.69, 9.17) is 17.0 Å². The minimum atomic E-state index is 0.409. The summed E-state index contributed by atoms with van der Waals surface area (Å²) in [4.78, 5) is 4.45. The van der Waals surface area contributed by atoms with Crippen molar-refractivity contribution in [1.82, 2.24) is 5.43 Å². The predicted octanol–water partition coefficient (Wildman–Crippen LogP) is 3.21. The lowest BCUT2D eigenvalue weighted by Crippen LogP contribution is -2.33. The number of methoxy groups -OCH3 is 1. The fourth-order valence-electron chi connectivity index (χ4n) is 2.38. The van der Waals surface area contributed by atoms with E-state index in [-0.39, 0.29) is 0 Å². The molecule has 6 heteroatoms. The summed E-state index contributed by atoms with van der Waals surface area (Å²) >= 11 is 5.32. The van der Waals surface area contributed by atoms with Gasteiger partial charge in [-0.25, -0.2) is 4.99 Å². The van der Waals surface area contributed by atoms with Crippen molar-refractivity contribution in [3.05, 3.63) is 54.6 Å². The van der Waals surface area contributed by atoms with E-state index in [1.54, 1.807) is 7.11 Å². The van der Waals surface area contributed by atoms with Gasteiger partial charge < -0.3 is 10.1 Å². The molecule has 1 aliphatic rings. The molecular weight excluding hydrogens is 308 g/mol. The van der Waals surface area contributed by atoms with E-state index >= 15 is 0 Å². The van der Waals surface area contributed by atoms with Gasteiger partial charge in [0.25, 0.3) is 0 Å². The summed E-state index contributed by atoms with van der Waals surface area (Å²) in [6, 6.07) is 17.8. The second kappa shape index (κ2) is 7.11. The summed E-state index contributed by atoms with van der Waals surface area (Å²) in [5, 5.41) is 5.57. The average Bonchev–Trinajstić information content (AvgIpc) is 3.04. The third-order valence-electron chi connectivity index (χ3n) is 3.49.